The predicted molar refractivity (Wildman–Crippen MR) is 78.6 cm³/mol. The van der Waals surface area contributed by atoms with Crippen LogP contribution in [0.4, 0.5) is 0 Å². The summed E-state index contributed by atoms with van der Waals surface area (Å²) in [4.78, 5) is 25.0. The molecular weight excluding hydrogens is 270 g/mol. The zero-order valence-electron chi connectivity index (χ0n) is 12.0. The summed E-state index contributed by atoms with van der Waals surface area (Å²) in [6.45, 7) is 1.18. The molecule has 1 heterocycles. The normalized spacial score (nSPS) is 16.2. The van der Waals surface area contributed by atoms with Crippen LogP contribution in [-0.4, -0.2) is 48.2 Å². The Bertz CT molecular complexity index is 528. The lowest BCUT2D eigenvalue weighted by Gasteiger charge is -2.28. The largest absolute Gasteiger partial charge is 0.465 e. The van der Waals surface area contributed by atoms with Crippen LogP contribution in [0.2, 0.25) is 0 Å². The Kier molecular flexibility index (Phi) is 5.11. The van der Waals surface area contributed by atoms with Crippen molar-refractivity contribution in [1.82, 2.24) is 4.90 Å². The number of esters is 1. The van der Waals surface area contributed by atoms with Crippen molar-refractivity contribution >= 4 is 18.0 Å². The molecule has 0 aromatic heterocycles. The van der Waals surface area contributed by atoms with Gasteiger partial charge in [0.05, 0.1) is 18.8 Å². The van der Waals surface area contributed by atoms with Crippen molar-refractivity contribution in [3.05, 3.63) is 41.5 Å². The van der Waals surface area contributed by atoms with Gasteiger partial charge in [-0.15, -0.1) is 0 Å². The van der Waals surface area contributed by atoms with Crippen LogP contribution in [-0.2, 0) is 9.53 Å². The Morgan fingerprint density at radius 2 is 1.86 bits per heavy atom. The highest BCUT2D eigenvalue weighted by atomic mass is 16.5. The van der Waals surface area contributed by atoms with Gasteiger partial charge in [0, 0.05) is 19.2 Å². The van der Waals surface area contributed by atoms with E-state index in [0.717, 1.165) is 5.56 Å². The fraction of sp³-hybridized carbons (Fsp3) is 0.375. The van der Waals surface area contributed by atoms with E-state index in [0.29, 0.717) is 31.5 Å². The molecule has 1 fully saturated rings. The molecule has 21 heavy (non-hydrogen) atoms. The van der Waals surface area contributed by atoms with Crippen LogP contribution in [0.1, 0.15) is 28.8 Å². The lowest BCUT2D eigenvalue weighted by atomic mass is 10.1. The molecule has 0 spiro atoms. The molecule has 1 aromatic carbocycles. The number of carbonyl (C=O) groups is 2. The molecule has 112 valence electrons. The fourth-order valence-electron chi connectivity index (χ4n) is 2.21. The maximum atomic E-state index is 12.0. The number of ether oxygens (including phenoxy) is 1. The maximum Gasteiger partial charge on any atom is 0.337 e. The average molecular weight is 289 g/mol. The summed E-state index contributed by atoms with van der Waals surface area (Å²) in [5.41, 5.74) is 1.32. The zero-order chi connectivity index (χ0) is 15.2. The highest BCUT2D eigenvalue weighted by molar-refractivity contribution is 5.92. The van der Waals surface area contributed by atoms with Gasteiger partial charge in [-0.05, 0) is 36.6 Å². The summed E-state index contributed by atoms with van der Waals surface area (Å²) in [7, 11) is 1.34. The van der Waals surface area contributed by atoms with Crippen LogP contribution in [0.15, 0.2) is 30.3 Å². The number of aliphatic hydroxyl groups excluding tert-OH is 1. The molecule has 0 radical (unpaired) electrons. The van der Waals surface area contributed by atoms with E-state index >= 15 is 0 Å². The van der Waals surface area contributed by atoms with Gasteiger partial charge in [-0.2, -0.15) is 0 Å². The monoisotopic (exact) mass is 289 g/mol. The molecular formula is C16H19NO4. The van der Waals surface area contributed by atoms with E-state index in [1.807, 2.05) is 0 Å². The van der Waals surface area contributed by atoms with E-state index in [9.17, 15) is 14.7 Å². The molecule has 0 unspecified atom stereocenters. The minimum atomic E-state index is -0.381. The highest BCUT2D eigenvalue weighted by Crippen LogP contribution is 2.12. The Morgan fingerprint density at radius 3 is 2.43 bits per heavy atom. The van der Waals surface area contributed by atoms with Crippen molar-refractivity contribution in [2.24, 2.45) is 0 Å². The van der Waals surface area contributed by atoms with Crippen molar-refractivity contribution < 1.29 is 19.4 Å². The van der Waals surface area contributed by atoms with E-state index in [1.165, 1.54) is 13.2 Å². The van der Waals surface area contributed by atoms with Crippen LogP contribution < -0.4 is 0 Å². The molecule has 5 heteroatoms. The lowest BCUT2D eigenvalue weighted by molar-refractivity contribution is -0.127. The molecule has 1 saturated heterocycles. The van der Waals surface area contributed by atoms with Crippen LogP contribution in [0, 0.1) is 0 Å². The van der Waals surface area contributed by atoms with Gasteiger partial charge in [-0.25, -0.2) is 4.79 Å². The Labute approximate surface area is 123 Å². The van der Waals surface area contributed by atoms with Crippen LogP contribution in [0.5, 0.6) is 0 Å². The summed E-state index contributed by atoms with van der Waals surface area (Å²) in [6.07, 6.45) is 4.21. The van der Waals surface area contributed by atoms with Crippen LogP contribution in [0.3, 0.4) is 0 Å². The Hall–Kier alpha value is -2.14. The molecule has 0 atom stereocenters. The third-order valence-electron chi connectivity index (χ3n) is 3.53. The second kappa shape index (κ2) is 7.04. The first-order chi connectivity index (χ1) is 10.1. The highest BCUT2D eigenvalue weighted by Gasteiger charge is 2.19. The third kappa shape index (κ3) is 4.16. The third-order valence-corrected chi connectivity index (χ3v) is 3.53. The van der Waals surface area contributed by atoms with Crippen molar-refractivity contribution in [3.8, 4) is 0 Å². The average Bonchev–Trinajstić information content (AvgIpc) is 2.53. The van der Waals surface area contributed by atoms with Crippen molar-refractivity contribution in [2.75, 3.05) is 20.2 Å². The molecule has 1 amide bonds. The number of hydrogen-bond acceptors (Lipinski definition) is 4. The van der Waals surface area contributed by atoms with Gasteiger partial charge in [0.2, 0.25) is 5.91 Å². The SMILES string of the molecule is COC(=O)c1ccc(/C=C/C(=O)N2CCC(O)CC2)cc1. The number of methoxy groups -OCH3 is 1. The standard InChI is InChI=1S/C16H19NO4/c1-21-16(20)13-5-2-12(3-6-13)4-7-15(19)17-10-8-14(18)9-11-17/h2-7,14,18H,8-11H2,1H3/b7-4+. The van der Waals surface area contributed by atoms with Gasteiger partial charge in [-0.1, -0.05) is 12.1 Å². The first-order valence-electron chi connectivity index (χ1n) is 6.93. The zero-order valence-corrected chi connectivity index (χ0v) is 12.0. The molecule has 0 aliphatic carbocycles. The predicted octanol–water partition coefficient (Wildman–Crippen LogP) is 1.47. The number of carbonyl (C=O) groups excluding carboxylic acids is 2. The summed E-state index contributed by atoms with van der Waals surface area (Å²) in [6, 6.07) is 6.84. The quantitative estimate of drug-likeness (QED) is 0.676. The van der Waals surface area contributed by atoms with Crippen LogP contribution >= 0.6 is 0 Å². The van der Waals surface area contributed by atoms with Gasteiger partial charge in [-0.3, -0.25) is 4.79 Å². The smallest absolute Gasteiger partial charge is 0.337 e. The minimum Gasteiger partial charge on any atom is -0.465 e. The van der Waals surface area contributed by atoms with E-state index < -0.39 is 0 Å². The summed E-state index contributed by atoms with van der Waals surface area (Å²) < 4.78 is 4.62. The lowest BCUT2D eigenvalue weighted by Crippen LogP contribution is -2.39. The van der Waals surface area contributed by atoms with Gasteiger partial charge < -0.3 is 14.7 Å². The van der Waals surface area contributed by atoms with Crippen molar-refractivity contribution in [2.45, 2.75) is 18.9 Å². The summed E-state index contributed by atoms with van der Waals surface area (Å²) in [5.74, 6) is -0.438. The van der Waals surface area contributed by atoms with Gasteiger partial charge in [0.15, 0.2) is 0 Å². The molecule has 1 aliphatic rings. The summed E-state index contributed by atoms with van der Waals surface area (Å²) in [5, 5.41) is 9.41. The number of amides is 1. The first kappa shape index (κ1) is 15.3. The molecule has 1 N–H and O–H groups in total. The van der Waals surface area contributed by atoms with E-state index in [2.05, 4.69) is 4.74 Å². The molecule has 1 aliphatic heterocycles. The molecule has 2 rings (SSSR count). The van der Waals surface area contributed by atoms with Crippen LogP contribution in [0.25, 0.3) is 6.08 Å². The van der Waals surface area contributed by atoms with E-state index in [1.54, 1.807) is 35.2 Å². The molecule has 5 nitrogen and oxygen atoms in total. The molecule has 0 saturated carbocycles. The molecule has 1 aromatic rings. The first-order valence-corrected chi connectivity index (χ1v) is 6.93. The number of benzene rings is 1. The van der Waals surface area contributed by atoms with Gasteiger partial charge in [0.1, 0.15) is 0 Å². The molecule has 0 bridgehead atoms. The number of likely N-dealkylation sites (tertiary alicyclic amines) is 1. The number of nitrogens with zero attached hydrogens (tertiary/aromatic N) is 1. The Balaban J connectivity index is 1.94. The van der Waals surface area contributed by atoms with Gasteiger partial charge in [0.25, 0.3) is 0 Å². The maximum absolute atomic E-state index is 12.0. The number of piperidine rings is 1. The fourth-order valence-corrected chi connectivity index (χ4v) is 2.21. The van der Waals surface area contributed by atoms with Gasteiger partial charge >= 0.3 is 5.97 Å². The summed E-state index contributed by atoms with van der Waals surface area (Å²) >= 11 is 0. The second-order valence-electron chi connectivity index (χ2n) is 5.00. The number of hydrogen-bond donors (Lipinski definition) is 1. The van der Waals surface area contributed by atoms with Crippen molar-refractivity contribution in [1.29, 1.82) is 0 Å². The van der Waals surface area contributed by atoms with E-state index in [-0.39, 0.29) is 18.0 Å². The topological polar surface area (TPSA) is 66.8 Å². The number of rotatable bonds is 3. The number of aliphatic hydroxyl groups is 1. The Morgan fingerprint density at radius 1 is 1.24 bits per heavy atom. The minimum absolute atomic E-state index is 0.0565. The second-order valence-corrected chi connectivity index (χ2v) is 5.00. The van der Waals surface area contributed by atoms with E-state index in [4.69, 9.17) is 0 Å². The van der Waals surface area contributed by atoms with Crippen molar-refractivity contribution in [3.63, 3.8) is 0 Å².